The normalized spacial score (nSPS) is 16.4. The number of amidine groups is 1. The molecule has 1 N–H and O–H groups in total. The molecule has 0 saturated heterocycles. The van der Waals surface area contributed by atoms with E-state index in [9.17, 15) is 5.21 Å². The number of hydrogen-bond acceptors (Lipinski definition) is 5. The molecule has 6 heteroatoms. The Morgan fingerprint density at radius 2 is 2.12 bits per heavy atom. The van der Waals surface area contributed by atoms with Gasteiger partial charge in [0.05, 0.1) is 5.56 Å². The van der Waals surface area contributed by atoms with Crippen LogP contribution in [0.1, 0.15) is 35.1 Å². The number of nitrogens with zero attached hydrogens (tertiary/aromatic N) is 4. The molecule has 0 bridgehead atoms. The summed E-state index contributed by atoms with van der Waals surface area (Å²) in [7, 11) is 0. The molecule has 25 heavy (non-hydrogen) atoms. The van der Waals surface area contributed by atoms with Crippen LogP contribution in [0.5, 0.6) is 11.6 Å². The Labute approximate surface area is 146 Å². The maximum Gasteiger partial charge on any atom is 0.230 e. The van der Waals surface area contributed by atoms with Crippen LogP contribution in [0.3, 0.4) is 0 Å². The van der Waals surface area contributed by atoms with Crippen LogP contribution in [0.25, 0.3) is 0 Å². The van der Waals surface area contributed by atoms with Gasteiger partial charge in [-0.15, -0.1) is 0 Å². The molecule has 1 aromatic heterocycles. The van der Waals surface area contributed by atoms with Gasteiger partial charge < -0.3 is 9.94 Å². The minimum absolute atomic E-state index is 0.348. The lowest BCUT2D eigenvalue weighted by Crippen LogP contribution is -2.25. The fourth-order valence-electron chi connectivity index (χ4n) is 3.49. The van der Waals surface area contributed by atoms with Crippen molar-refractivity contribution < 1.29 is 9.94 Å². The zero-order valence-corrected chi connectivity index (χ0v) is 14.1. The SMILES string of the molecule is Cc1ccc(Oc2ncccc2/C(=N/O)N2CCC=N2)c2c1CCC2. The van der Waals surface area contributed by atoms with Gasteiger partial charge in [-0.3, -0.25) is 0 Å². The second kappa shape index (κ2) is 6.55. The van der Waals surface area contributed by atoms with E-state index in [-0.39, 0.29) is 0 Å². The average Bonchev–Trinajstić information content (AvgIpc) is 3.32. The highest BCUT2D eigenvalue weighted by Gasteiger charge is 2.23. The molecule has 6 nitrogen and oxygen atoms in total. The van der Waals surface area contributed by atoms with Gasteiger partial charge in [0.25, 0.3) is 0 Å². The van der Waals surface area contributed by atoms with E-state index in [1.165, 1.54) is 16.7 Å². The summed E-state index contributed by atoms with van der Waals surface area (Å²) < 4.78 is 6.17. The van der Waals surface area contributed by atoms with Crippen LogP contribution in [0, 0.1) is 6.92 Å². The number of ether oxygens (including phenoxy) is 1. The summed E-state index contributed by atoms with van der Waals surface area (Å²) in [6, 6.07) is 7.72. The van der Waals surface area contributed by atoms with E-state index in [4.69, 9.17) is 4.74 Å². The van der Waals surface area contributed by atoms with Crippen molar-refractivity contribution in [3.63, 3.8) is 0 Å². The van der Waals surface area contributed by atoms with Gasteiger partial charge in [-0.1, -0.05) is 11.2 Å². The van der Waals surface area contributed by atoms with Crippen molar-refractivity contribution in [1.82, 2.24) is 9.99 Å². The molecular formula is C19H20N4O2. The minimum Gasteiger partial charge on any atom is -0.438 e. The number of fused-ring (bicyclic) bond motifs is 1. The first-order chi connectivity index (χ1) is 12.3. The molecule has 4 rings (SSSR count). The third kappa shape index (κ3) is 2.84. The fraction of sp³-hybridized carbons (Fsp3) is 0.316. The summed E-state index contributed by atoms with van der Waals surface area (Å²) in [5, 5.41) is 18.8. The molecule has 0 amide bonds. The lowest BCUT2D eigenvalue weighted by atomic mass is 10.0. The molecule has 2 heterocycles. The molecule has 0 radical (unpaired) electrons. The van der Waals surface area contributed by atoms with E-state index >= 15 is 0 Å². The van der Waals surface area contributed by atoms with Crippen LogP contribution < -0.4 is 4.74 Å². The third-order valence-electron chi connectivity index (χ3n) is 4.72. The molecule has 0 unspecified atom stereocenters. The predicted octanol–water partition coefficient (Wildman–Crippen LogP) is 3.50. The van der Waals surface area contributed by atoms with E-state index in [1.807, 2.05) is 12.1 Å². The lowest BCUT2D eigenvalue weighted by molar-refractivity contribution is 0.304. The first kappa shape index (κ1) is 15.6. The second-order valence-electron chi connectivity index (χ2n) is 6.28. The molecule has 1 aliphatic carbocycles. The van der Waals surface area contributed by atoms with Crippen molar-refractivity contribution in [2.75, 3.05) is 6.54 Å². The molecule has 0 saturated carbocycles. The van der Waals surface area contributed by atoms with Gasteiger partial charge in [0.1, 0.15) is 5.75 Å². The highest BCUT2D eigenvalue weighted by atomic mass is 16.5. The van der Waals surface area contributed by atoms with Gasteiger partial charge in [-0.05, 0) is 61.1 Å². The Bertz CT molecular complexity index is 860. The number of hydrazone groups is 1. The monoisotopic (exact) mass is 336 g/mol. The third-order valence-corrected chi connectivity index (χ3v) is 4.72. The van der Waals surface area contributed by atoms with Gasteiger partial charge >= 0.3 is 0 Å². The maximum absolute atomic E-state index is 9.51. The summed E-state index contributed by atoms with van der Waals surface area (Å²) >= 11 is 0. The van der Waals surface area contributed by atoms with Crippen molar-refractivity contribution in [2.45, 2.75) is 32.6 Å². The number of oxime groups is 1. The van der Waals surface area contributed by atoms with Crippen molar-refractivity contribution in [3.8, 4) is 11.6 Å². The van der Waals surface area contributed by atoms with Crippen LogP contribution in [-0.4, -0.2) is 33.8 Å². The van der Waals surface area contributed by atoms with E-state index in [0.717, 1.165) is 31.4 Å². The summed E-state index contributed by atoms with van der Waals surface area (Å²) in [5.41, 5.74) is 4.58. The second-order valence-corrected chi connectivity index (χ2v) is 6.28. The molecule has 0 atom stereocenters. The van der Waals surface area contributed by atoms with Crippen molar-refractivity contribution >= 4 is 12.1 Å². The molecule has 128 valence electrons. The molecule has 0 fully saturated rings. The summed E-state index contributed by atoms with van der Waals surface area (Å²) in [6.07, 6.45) is 7.56. The minimum atomic E-state index is 0.348. The highest BCUT2D eigenvalue weighted by molar-refractivity contribution is 6.01. The smallest absolute Gasteiger partial charge is 0.230 e. The zero-order valence-electron chi connectivity index (χ0n) is 14.1. The van der Waals surface area contributed by atoms with Gasteiger partial charge in [0.2, 0.25) is 11.7 Å². The Kier molecular flexibility index (Phi) is 4.09. The number of pyridine rings is 1. The van der Waals surface area contributed by atoms with Crippen LogP contribution in [0.15, 0.2) is 40.7 Å². The van der Waals surface area contributed by atoms with Gasteiger partial charge in [-0.2, -0.15) is 5.10 Å². The van der Waals surface area contributed by atoms with Gasteiger partial charge in [0, 0.05) is 25.4 Å². The van der Waals surface area contributed by atoms with Crippen LogP contribution in [0.4, 0.5) is 0 Å². The average molecular weight is 336 g/mol. The van der Waals surface area contributed by atoms with Crippen LogP contribution >= 0.6 is 0 Å². The quantitative estimate of drug-likeness (QED) is 0.403. The van der Waals surface area contributed by atoms with E-state index in [1.54, 1.807) is 23.5 Å². The highest BCUT2D eigenvalue weighted by Crippen LogP contribution is 2.36. The number of aryl methyl sites for hydroxylation is 1. The van der Waals surface area contributed by atoms with Crippen LogP contribution in [0.2, 0.25) is 0 Å². The Balaban J connectivity index is 1.71. The van der Waals surface area contributed by atoms with E-state index in [2.05, 4.69) is 28.2 Å². The molecule has 2 aromatic rings. The Hall–Kier alpha value is -2.89. The first-order valence-electron chi connectivity index (χ1n) is 8.54. The van der Waals surface area contributed by atoms with Crippen molar-refractivity contribution in [1.29, 1.82) is 0 Å². The fourth-order valence-corrected chi connectivity index (χ4v) is 3.49. The van der Waals surface area contributed by atoms with E-state index < -0.39 is 0 Å². The topological polar surface area (TPSA) is 70.3 Å². The van der Waals surface area contributed by atoms with Crippen molar-refractivity contribution in [2.24, 2.45) is 10.3 Å². The molecule has 2 aliphatic rings. The number of rotatable bonds is 3. The van der Waals surface area contributed by atoms with Crippen LogP contribution in [-0.2, 0) is 12.8 Å². The molecule has 1 aromatic carbocycles. The maximum atomic E-state index is 9.51. The number of benzene rings is 1. The number of hydrogen-bond donors (Lipinski definition) is 1. The largest absolute Gasteiger partial charge is 0.438 e. The van der Waals surface area contributed by atoms with Gasteiger partial charge in [0.15, 0.2) is 0 Å². The summed E-state index contributed by atoms with van der Waals surface area (Å²) in [6.45, 7) is 2.82. The van der Waals surface area contributed by atoms with Gasteiger partial charge in [-0.25, -0.2) is 9.99 Å². The number of aromatic nitrogens is 1. The molecular weight excluding hydrogens is 316 g/mol. The Morgan fingerprint density at radius 1 is 1.24 bits per heavy atom. The molecule has 1 aliphatic heterocycles. The standard InChI is InChI=1S/C19H20N4O2/c1-13-8-9-17(15-6-2-5-14(13)15)25-19-16(7-3-10-20-19)18(22-24)23-12-4-11-21-23/h3,7-11,24H,2,4-6,12H2,1H3/b22-18-. The molecule has 0 spiro atoms. The predicted molar refractivity (Wildman–Crippen MR) is 95.7 cm³/mol. The lowest BCUT2D eigenvalue weighted by Gasteiger charge is -2.18. The Morgan fingerprint density at radius 3 is 2.92 bits per heavy atom. The first-order valence-corrected chi connectivity index (χ1v) is 8.54. The summed E-state index contributed by atoms with van der Waals surface area (Å²) in [5.74, 6) is 1.61. The van der Waals surface area contributed by atoms with Crippen molar-refractivity contribution in [3.05, 3.63) is 52.7 Å². The van der Waals surface area contributed by atoms with E-state index in [0.29, 0.717) is 23.8 Å². The summed E-state index contributed by atoms with van der Waals surface area (Å²) in [4.78, 5) is 4.37. The zero-order chi connectivity index (χ0) is 17.2.